The van der Waals surface area contributed by atoms with E-state index in [1.54, 1.807) is 48.5 Å². The van der Waals surface area contributed by atoms with Crippen molar-refractivity contribution in [2.75, 3.05) is 10.6 Å². The molecule has 0 unspecified atom stereocenters. The molecule has 3 rings (SSSR count). The molecule has 0 atom stereocenters. The van der Waals surface area contributed by atoms with E-state index in [2.05, 4.69) is 16.0 Å². The minimum atomic E-state index is -0.395. The van der Waals surface area contributed by atoms with Crippen LogP contribution in [0.5, 0.6) is 0 Å². The van der Waals surface area contributed by atoms with E-state index < -0.39 is 6.03 Å². The Morgan fingerprint density at radius 3 is 1.74 bits per heavy atom. The molecule has 1 aliphatic carbocycles. The lowest BCUT2D eigenvalue weighted by atomic mass is 10.1. The number of Topliss-reactive ketones (excluding diaryl/α,β-unsaturated/α-hetero) is 1. The van der Waals surface area contributed by atoms with E-state index in [1.165, 1.54) is 19.8 Å². The molecule has 0 spiro atoms. The largest absolute Gasteiger partial charge is 0.349 e. The van der Waals surface area contributed by atoms with Gasteiger partial charge in [-0.2, -0.15) is 0 Å². The molecule has 1 aliphatic rings. The number of urea groups is 1. The number of hydrogen-bond acceptors (Lipinski definition) is 3. The van der Waals surface area contributed by atoms with Crippen molar-refractivity contribution in [2.45, 2.75) is 38.6 Å². The summed E-state index contributed by atoms with van der Waals surface area (Å²) in [4.78, 5) is 35.6. The molecule has 3 amide bonds. The minimum absolute atomic E-state index is 0.0249. The van der Waals surface area contributed by atoms with Crippen LogP contribution < -0.4 is 16.0 Å². The van der Waals surface area contributed by atoms with Crippen LogP contribution in [0.25, 0.3) is 0 Å². The highest BCUT2D eigenvalue weighted by Gasteiger charge is 2.17. The molecule has 0 saturated heterocycles. The summed E-state index contributed by atoms with van der Waals surface area (Å²) in [6.45, 7) is 1.49. The summed E-state index contributed by atoms with van der Waals surface area (Å²) in [5.74, 6) is -0.105. The van der Waals surface area contributed by atoms with Crippen molar-refractivity contribution >= 4 is 29.1 Å². The monoisotopic (exact) mass is 365 g/mol. The first-order valence-electron chi connectivity index (χ1n) is 9.11. The van der Waals surface area contributed by atoms with Gasteiger partial charge in [0.15, 0.2) is 5.78 Å². The van der Waals surface area contributed by atoms with Gasteiger partial charge in [-0.05, 0) is 68.3 Å². The quantitative estimate of drug-likeness (QED) is 0.694. The van der Waals surface area contributed by atoms with E-state index in [0.717, 1.165) is 12.8 Å². The predicted molar refractivity (Wildman–Crippen MR) is 105 cm³/mol. The molecule has 0 aliphatic heterocycles. The van der Waals surface area contributed by atoms with Crippen molar-refractivity contribution in [3.05, 3.63) is 59.7 Å². The number of amides is 3. The van der Waals surface area contributed by atoms with Gasteiger partial charge >= 0.3 is 6.03 Å². The number of ketones is 1. The summed E-state index contributed by atoms with van der Waals surface area (Å²) in [5.41, 5.74) is 2.34. The zero-order chi connectivity index (χ0) is 19.2. The fourth-order valence-electron chi connectivity index (χ4n) is 3.13. The average molecular weight is 365 g/mol. The van der Waals surface area contributed by atoms with Gasteiger partial charge in [0.25, 0.3) is 5.91 Å². The summed E-state index contributed by atoms with van der Waals surface area (Å²) in [6.07, 6.45) is 4.42. The Hall–Kier alpha value is -3.15. The van der Waals surface area contributed by atoms with Crippen LogP contribution in [0.15, 0.2) is 48.5 Å². The first kappa shape index (κ1) is 18.6. The van der Waals surface area contributed by atoms with Crippen molar-refractivity contribution in [1.82, 2.24) is 5.32 Å². The Morgan fingerprint density at radius 2 is 1.26 bits per heavy atom. The lowest BCUT2D eigenvalue weighted by molar-refractivity contribution is 0.0937. The molecule has 1 saturated carbocycles. The third-order valence-corrected chi connectivity index (χ3v) is 4.64. The summed E-state index contributed by atoms with van der Waals surface area (Å²) in [6, 6.07) is 13.3. The van der Waals surface area contributed by atoms with Gasteiger partial charge in [-0.15, -0.1) is 0 Å². The minimum Gasteiger partial charge on any atom is -0.349 e. The Bertz CT molecular complexity index is 823. The zero-order valence-corrected chi connectivity index (χ0v) is 15.2. The lowest BCUT2D eigenvalue weighted by Gasteiger charge is -2.12. The fraction of sp³-hybridized carbons (Fsp3) is 0.286. The molecule has 6 heteroatoms. The predicted octanol–water partition coefficient (Wildman–Crippen LogP) is 4.21. The first-order chi connectivity index (χ1) is 13.0. The molecular formula is C21H23N3O3. The molecule has 140 valence electrons. The van der Waals surface area contributed by atoms with Gasteiger partial charge in [0.2, 0.25) is 0 Å². The van der Waals surface area contributed by atoms with E-state index in [-0.39, 0.29) is 17.7 Å². The van der Waals surface area contributed by atoms with E-state index in [1.807, 2.05) is 0 Å². The van der Waals surface area contributed by atoms with E-state index in [4.69, 9.17) is 0 Å². The van der Waals surface area contributed by atoms with E-state index in [9.17, 15) is 14.4 Å². The van der Waals surface area contributed by atoms with Gasteiger partial charge in [-0.25, -0.2) is 4.79 Å². The van der Waals surface area contributed by atoms with Crippen LogP contribution in [0.3, 0.4) is 0 Å². The normalized spacial score (nSPS) is 13.8. The van der Waals surface area contributed by atoms with Crippen molar-refractivity contribution in [3.63, 3.8) is 0 Å². The number of rotatable bonds is 5. The Labute approximate surface area is 158 Å². The number of nitrogens with one attached hydrogen (secondary N) is 3. The molecule has 2 aromatic carbocycles. The van der Waals surface area contributed by atoms with Gasteiger partial charge in [0, 0.05) is 28.5 Å². The Morgan fingerprint density at radius 1 is 0.778 bits per heavy atom. The molecule has 0 aromatic heterocycles. The molecule has 6 nitrogen and oxygen atoms in total. The molecule has 0 heterocycles. The summed E-state index contributed by atoms with van der Waals surface area (Å²) >= 11 is 0. The van der Waals surface area contributed by atoms with Crippen molar-refractivity contribution in [1.29, 1.82) is 0 Å². The van der Waals surface area contributed by atoms with Crippen molar-refractivity contribution < 1.29 is 14.4 Å². The summed E-state index contributed by atoms with van der Waals surface area (Å²) in [5, 5.41) is 8.46. The first-order valence-corrected chi connectivity index (χ1v) is 9.11. The molecular weight excluding hydrogens is 342 g/mol. The SMILES string of the molecule is CC(=O)c1ccc(NC(=O)Nc2ccc(C(=O)NC3CCCC3)cc2)cc1. The number of carbonyl (C=O) groups is 3. The molecule has 27 heavy (non-hydrogen) atoms. The fourth-order valence-corrected chi connectivity index (χ4v) is 3.13. The van der Waals surface area contributed by atoms with Crippen LogP contribution in [0.1, 0.15) is 53.3 Å². The highest BCUT2D eigenvalue weighted by Crippen LogP contribution is 2.18. The Balaban J connectivity index is 1.53. The van der Waals surface area contributed by atoms with Gasteiger partial charge in [-0.1, -0.05) is 12.8 Å². The number of benzene rings is 2. The van der Waals surface area contributed by atoms with Crippen molar-refractivity contribution in [2.24, 2.45) is 0 Å². The third kappa shape index (κ3) is 5.17. The maximum absolute atomic E-state index is 12.2. The Kier molecular flexibility index (Phi) is 5.86. The van der Waals surface area contributed by atoms with Crippen LogP contribution in [0.4, 0.5) is 16.2 Å². The highest BCUT2D eigenvalue weighted by molar-refractivity contribution is 6.01. The van der Waals surface area contributed by atoms with Crippen molar-refractivity contribution in [3.8, 4) is 0 Å². The number of carbonyl (C=O) groups excluding carboxylic acids is 3. The summed E-state index contributed by atoms with van der Waals surface area (Å²) < 4.78 is 0. The van der Waals surface area contributed by atoms with Crippen LogP contribution >= 0.6 is 0 Å². The third-order valence-electron chi connectivity index (χ3n) is 4.64. The zero-order valence-electron chi connectivity index (χ0n) is 15.2. The van der Waals surface area contributed by atoms with Crippen LogP contribution in [0.2, 0.25) is 0 Å². The second-order valence-electron chi connectivity index (χ2n) is 6.74. The topological polar surface area (TPSA) is 87.3 Å². The second-order valence-corrected chi connectivity index (χ2v) is 6.74. The smallest absolute Gasteiger partial charge is 0.323 e. The van der Waals surface area contributed by atoms with E-state index >= 15 is 0 Å². The van der Waals surface area contributed by atoms with E-state index in [0.29, 0.717) is 22.5 Å². The van der Waals surface area contributed by atoms with Crippen LogP contribution in [-0.4, -0.2) is 23.8 Å². The van der Waals surface area contributed by atoms with Crippen LogP contribution in [-0.2, 0) is 0 Å². The maximum Gasteiger partial charge on any atom is 0.323 e. The molecule has 2 aromatic rings. The van der Waals surface area contributed by atoms with Gasteiger partial charge in [-0.3, -0.25) is 9.59 Å². The molecule has 0 radical (unpaired) electrons. The highest BCUT2D eigenvalue weighted by atomic mass is 16.2. The average Bonchev–Trinajstić information content (AvgIpc) is 3.15. The number of hydrogen-bond donors (Lipinski definition) is 3. The van der Waals surface area contributed by atoms with Gasteiger partial charge < -0.3 is 16.0 Å². The van der Waals surface area contributed by atoms with Gasteiger partial charge in [0.1, 0.15) is 0 Å². The summed E-state index contributed by atoms with van der Waals surface area (Å²) in [7, 11) is 0. The van der Waals surface area contributed by atoms with Crippen LogP contribution in [0, 0.1) is 0 Å². The lowest BCUT2D eigenvalue weighted by Crippen LogP contribution is -2.32. The standard InChI is InChI=1S/C21H23N3O3/c1-14(25)15-6-10-18(11-7-15)23-21(27)24-19-12-8-16(9-13-19)20(26)22-17-4-2-3-5-17/h6-13,17H,2-5H2,1H3,(H,22,26)(H2,23,24,27). The molecule has 3 N–H and O–H groups in total. The number of anilines is 2. The van der Waals surface area contributed by atoms with Gasteiger partial charge in [0.05, 0.1) is 0 Å². The second kappa shape index (κ2) is 8.49. The molecule has 0 bridgehead atoms. The molecule has 1 fully saturated rings. The maximum atomic E-state index is 12.2.